The van der Waals surface area contributed by atoms with Gasteiger partial charge in [-0.15, -0.1) is 0 Å². The molecule has 0 aliphatic heterocycles. The fraction of sp³-hybridized carbons (Fsp3) is 0. The Bertz CT molecular complexity index is 15.7. The number of hydrogen-bond acceptors (Lipinski definition) is 0. The van der Waals surface area contributed by atoms with E-state index in [0.717, 1.165) is 0 Å². The molecular formula is Cl6Cs2LiY. The SMILES string of the molecule is [Cl-].[Cl-].[Cl-].[Cl-].[Cl-].[Cl-].[Cs+].[Cs+].[Li+].[Y+3]. The molecular weight excluding hydrogens is 574 g/mol. The molecule has 0 atom stereocenters. The molecule has 0 fully saturated rings. The molecule has 10 heavy (non-hydrogen) atoms. The summed E-state index contributed by atoms with van der Waals surface area (Å²) in [5.74, 6) is 0. The van der Waals surface area contributed by atoms with Crippen molar-refractivity contribution in [1.29, 1.82) is 0 Å². The predicted molar refractivity (Wildman–Crippen MR) is 0 cm³/mol. The van der Waals surface area contributed by atoms with Crippen LogP contribution in [-0.2, 0) is 32.7 Å². The zero-order valence-electron chi connectivity index (χ0n) is 5.85. The van der Waals surface area contributed by atoms with Crippen LogP contribution < -0.4 is 231 Å². The van der Waals surface area contributed by atoms with Gasteiger partial charge >= 0.3 is 189 Å². The first-order valence-electron chi connectivity index (χ1n) is 0. The van der Waals surface area contributed by atoms with Crippen molar-refractivity contribution >= 4 is 0 Å². The van der Waals surface area contributed by atoms with Crippen molar-refractivity contribution in [3.8, 4) is 0 Å². The van der Waals surface area contributed by atoms with E-state index in [0.29, 0.717) is 0 Å². The molecule has 0 saturated heterocycles. The van der Waals surface area contributed by atoms with E-state index in [9.17, 15) is 0 Å². The zero-order valence-corrected chi connectivity index (χ0v) is 25.8. The number of rotatable bonds is 0. The van der Waals surface area contributed by atoms with Gasteiger partial charge in [0.2, 0.25) is 0 Å². The molecule has 0 saturated carbocycles. The van der Waals surface area contributed by atoms with E-state index in [1.54, 1.807) is 0 Å². The van der Waals surface area contributed by atoms with Crippen LogP contribution in [0.2, 0.25) is 0 Å². The number of halogens is 6. The van der Waals surface area contributed by atoms with Crippen molar-refractivity contribution < 1.29 is 264 Å². The van der Waals surface area contributed by atoms with Crippen LogP contribution >= 0.6 is 0 Å². The van der Waals surface area contributed by atoms with Crippen LogP contribution in [0.1, 0.15) is 0 Å². The summed E-state index contributed by atoms with van der Waals surface area (Å²) in [5.41, 5.74) is 0. The van der Waals surface area contributed by atoms with Crippen LogP contribution in [0.5, 0.6) is 0 Å². The van der Waals surface area contributed by atoms with Gasteiger partial charge in [-0.1, -0.05) is 0 Å². The molecule has 0 nitrogen and oxygen atoms in total. The molecule has 0 heterocycles. The topological polar surface area (TPSA) is 0 Å². The molecule has 10 heteroatoms. The van der Waals surface area contributed by atoms with Gasteiger partial charge in [0, 0.05) is 0 Å². The summed E-state index contributed by atoms with van der Waals surface area (Å²) in [5, 5.41) is 0. The van der Waals surface area contributed by atoms with Crippen molar-refractivity contribution in [2.45, 2.75) is 0 Å². The standard InChI is InChI=1S/6ClH.2Cs.Li.Y/h6*1H;;;;/q;;;;;;3*+1;+3/p-6. The second kappa shape index (κ2) is 70.2. The predicted octanol–water partition coefficient (Wildman–Crippen LogP) is -27.0. The summed E-state index contributed by atoms with van der Waals surface area (Å²) in [6.45, 7) is 0. The van der Waals surface area contributed by atoms with Crippen LogP contribution in [0, 0.1) is 0 Å². The van der Waals surface area contributed by atoms with Crippen molar-refractivity contribution in [3.05, 3.63) is 0 Å². The Balaban J connectivity index is 0. The van der Waals surface area contributed by atoms with Gasteiger partial charge in [-0.2, -0.15) is 0 Å². The minimum absolute atomic E-state index is 0. The molecule has 0 rings (SSSR count). The summed E-state index contributed by atoms with van der Waals surface area (Å²) < 4.78 is 0. The van der Waals surface area contributed by atoms with E-state index in [-0.39, 0.29) is 264 Å². The molecule has 0 radical (unpaired) electrons. The molecule has 0 aliphatic rings. The van der Waals surface area contributed by atoms with Crippen LogP contribution in [0.3, 0.4) is 0 Å². The van der Waals surface area contributed by atoms with Crippen molar-refractivity contribution in [2.24, 2.45) is 0 Å². The van der Waals surface area contributed by atoms with Crippen molar-refractivity contribution in [3.63, 3.8) is 0 Å². The van der Waals surface area contributed by atoms with Gasteiger partial charge < -0.3 is 74.4 Å². The summed E-state index contributed by atoms with van der Waals surface area (Å²) in [4.78, 5) is 0. The molecule has 0 N–H and O–H groups in total. The second-order valence-electron chi connectivity index (χ2n) is 0. The molecule has 0 aliphatic carbocycles. The van der Waals surface area contributed by atoms with Gasteiger partial charge in [0.25, 0.3) is 0 Å². The molecule has 0 bridgehead atoms. The third kappa shape index (κ3) is 57.8. The van der Waals surface area contributed by atoms with Gasteiger partial charge in [0.05, 0.1) is 0 Å². The fourth-order valence-corrected chi connectivity index (χ4v) is 0. The first-order chi connectivity index (χ1) is 0. The number of hydrogen-bond donors (Lipinski definition) is 0. The van der Waals surface area contributed by atoms with Gasteiger partial charge in [-0.3, -0.25) is 0 Å². The molecule has 0 amide bonds. The van der Waals surface area contributed by atoms with Crippen LogP contribution in [-0.4, -0.2) is 0 Å². The Morgan fingerprint density at radius 3 is 0.400 bits per heavy atom. The maximum atomic E-state index is 0. The zero-order chi connectivity index (χ0) is 0. The van der Waals surface area contributed by atoms with Crippen LogP contribution in [0.15, 0.2) is 0 Å². The maximum Gasteiger partial charge on any atom is 3.00 e. The average Bonchev–Trinajstić information content (AvgIpc) is 0. The third-order valence-electron chi connectivity index (χ3n) is 0. The van der Waals surface area contributed by atoms with Gasteiger partial charge in [0.1, 0.15) is 0 Å². The smallest absolute Gasteiger partial charge is 1.00 e. The Hall–Kier alpha value is 7.55. The van der Waals surface area contributed by atoms with Crippen molar-refractivity contribution in [2.75, 3.05) is 0 Å². The molecule has 0 spiro atoms. The third-order valence-corrected chi connectivity index (χ3v) is 0. The molecule has 0 aromatic carbocycles. The maximum absolute atomic E-state index is 0. The van der Waals surface area contributed by atoms with Gasteiger partial charge in [-0.05, 0) is 0 Å². The van der Waals surface area contributed by atoms with Gasteiger partial charge in [0.15, 0.2) is 0 Å². The Labute approximate surface area is 255 Å². The summed E-state index contributed by atoms with van der Waals surface area (Å²) in [7, 11) is 0. The largest absolute Gasteiger partial charge is 3.00 e. The van der Waals surface area contributed by atoms with Crippen molar-refractivity contribution in [1.82, 2.24) is 0 Å². The first kappa shape index (κ1) is 84.4. The van der Waals surface area contributed by atoms with E-state index in [2.05, 4.69) is 0 Å². The minimum Gasteiger partial charge on any atom is -1.00 e. The monoisotopic (exact) mass is 572 g/mol. The summed E-state index contributed by atoms with van der Waals surface area (Å²) in [6.07, 6.45) is 0. The molecule has 0 aromatic heterocycles. The van der Waals surface area contributed by atoms with Crippen LogP contribution in [0.4, 0.5) is 0 Å². The van der Waals surface area contributed by atoms with E-state index in [1.165, 1.54) is 0 Å². The molecule has 0 unspecified atom stereocenters. The summed E-state index contributed by atoms with van der Waals surface area (Å²) in [6, 6.07) is 0. The second-order valence-corrected chi connectivity index (χ2v) is 0. The Morgan fingerprint density at radius 2 is 0.400 bits per heavy atom. The molecule has 48 valence electrons. The minimum atomic E-state index is 0. The quantitative estimate of drug-likeness (QED) is 0.253. The van der Waals surface area contributed by atoms with E-state index < -0.39 is 0 Å². The fourth-order valence-electron chi connectivity index (χ4n) is 0. The molecule has 0 aromatic rings. The normalized spacial score (nSPS) is 0. The van der Waals surface area contributed by atoms with Gasteiger partial charge in [-0.25, -0.2) is 0 Å². The summed E-state index contributed by atoms with van der Waals surface area (Å²) >= 11 is 0. The first-order valence-corrected chi connectivity index (χ1v) is 0. The average molecular weight is 574 g/mol. The Kier molecular flexibility index (Phi) is 592. The Morgan fingerprint density at radius 1 is 0.400 bits per heavy atom. The van der Waals surface area contributed by atoms with E-state index in [4.69, 9.17) is 0 Å². The van der Waals surface area contributed by atoms with E-state index >= 15 is 0 Å². The van der Waals surface area contributed by atoms with E-state index in [1.807, 2.05) is 0 Å². The van der Waals surface area contributed by atoms with Crippen LogP contribution in [0.25, 0.3) is 0 Å².